The number of hydrogen-bond acceptors (Lipinski definition) is 8. The van der Waals surface area contributed by atoms with E-state index in [-0.39, 0.29) is 29.3 Å². The Morgan fingerprint density at radius 3 is 2.47 bits per heavy atom. The van der Waals surface area contributed by atoms with Gasteiger partial charge in [-0.1, -0.05) is 32.1 Å². The third kappa shape index (κ3) is 9.57. The van der Waals surface area contributed by atoms with Crippen molar-refractivity contribution >= 4 is 24.0 Å². The highest BCUT2D eigenvalue weighted by molar-refractivity contribution is 6.07. The summed E-state index contributed by atoms with van der Waals surface area (Å²) in [6, 6.07) is -0.227. The topological polar surface area (TPSA) is 123 Å². The second-order valence-corrected chi connectivity index (χ2v) is 10.3. The molecule has 1 unspecified atom stereocenters. The van der Waals surface area contributed by atoms with Crippen LogP contribution in [0.4, 0.5) is 13.2 Å². The summed E-state index contributed by atoms with van der Waals surface area (Å²) in [6.45, 7) is 15.1. The fraction of sp³-hybridized carbons (Fsp3) is 0.469. The molecule has 3 N–H and O–H groups in total. The number of aliphatic hydroxyl groups is 1. The molecule has 0 aliphatic carbocycles. The van der Waals surface area contributed by atoms with Crippen molar-refractivity contribution in [1.82, 2.24) is 14.5 Å². The Balaban J connectivity index is 2.62. The minimum Gasteiger partial charge on any atom is -0.496 e. The Kier molecular flexibility index (Phi) is 13.6. The van der Waals surface area contributed by atoms with E-state index in [0.717, 1.165) is 23.7 Å². The number of imidazole rings is 1. The molecule has 0 saturated heterocycles. The van der Waals surface area contributed by atoms with Gasteiger partial charge < -0.3 is 29.8 Å². The maximum atomic E-state index is 13.3. The summed E-state index contributed by atoms with van der Waals surface area (Å²) in [5, 5.41) is 10.9. The lowest BCUT2D eigenvalue weighted by Gasteiger charge is -2.30. The maximum Gasteiger partial charge on any atom is 0.434 e. The average molecular weight is 632 g/mol. The summed E-state index contributed by atoms with van der Waals surface area (Å²) >= 11 is 0. The molecule has 0 spiro atoms. The van der Waals surface area contributed by atoms with Crippen LogP contribution in [-0.4, -0.2) is 64.9 Å². The zero-order valence-electron chi connectivity index (χ0n) is 27.2. The number of methoxy groups -OCH3 is 2. The van der Waals surface area contributed by atoms with Crippen LogP contribution in [0, 0.1) is 0 Å². The molecule has 13 heteroatoms. The van der Waals surface area contributed by atoms with Crippen molar-refractivity contribution in [3.05, 3.63) is 76.4 Å². The van der Waals surface area contributed by atoms with E-state index >= 15 is 0 Å². The van der Waals surface area contributed by atoms with Crippen LogP contribution in [0.5, 0.6) is 0 Å². The quantitative estimate of drug-likeness (QED) is 0.0602. The van der Waals surface area contributed by atoms with Crippen LogP contribution in [0.2, 0.25) is 0 Å². The highest BCUT2D eigenvalue weighted by atomic mass is 19.4. The molecular weight excluding hydrogens is 587 g/mol. The normalized spacial score (nSPS) is 15.4. The molecule has 0 radical (unpaired) electrons. The molecule has 2 heterocycles. The van der Waals surface area contributed by atoms with Gasteiger partial charge in [0.05, 0.1) is 20.6 Å². The first kappa shape index (κ1) is 36.8. The number of nitrogens with two attached hydrogens (primary N) is 1. The van der Waals surface area contributed by atoms with Gasteiger partial charge in [-0.3, -0.25) is 0 Å². The average Bonchev–Trinajstić information content (AvgIpc) is 3.36. The molecule has 0 aromatic carbocycles. The first-order valence-corrected chi connectivity index (χ1v) is 14.6. The molecule has 1 atom stereocenters. The van der Waals surface area contributed by atoms with Crippen LogP contribution in [0.3, 0.4) is 0 Å². The van der Waals surface area contributed by atoms with E-state index in [1.54, 1.807) is 44.9 Å². The van der Waals surface area contributed by atoms with E-state index in [1.807, 2.05) is 19.9 Å². The Hall–Kier alpha value is -4.35. The molecule has 1 aromatic rings. The molecule has 0 bridgehead atoms. The number of ether oxygens (including phenoxy) is 2. The fourth-order valence-electron chi connectivity index (χ4n) is 4.40. The van der Waals surface area contributed by atoms with E-state index in [2.05, 4.69) is 27.3 Å². The number of alkyl halides is 3. The lowest BCUT2D eigenvalue weighted by atomic mass is 10.1. The fourth-order valence-corrected chi connectivity index (χ4v) is 4.40. The van der Waals surface area contributed by atoms with Crippen molar-refractivity contribution in [3.8, 4) is 0 Å². The predicted molar refractivity (Wildman–Crippen MR) is 172 cm³/mol. The summed E-state index contributed by atoms with van der Waals surface area (Å²) in [4.78, 5) is 19.1. The largest absolute Gasteiger partial charge is 0.496 e. The number of halogens is 3. The number of hydrogen-bond donors (Lipinski definition) is 2. The Labute approximate surface area is 263 Å². The van der Waals surface area contributed by atoms with E-state index in [4.69, 9.17) is 20.2 Å². The van der Waals surface area contributed by atoms with Gasteiger partial charge in [0.1, 0.15) is 29.2 Å². The van der Waals surface area contributed by atoms with E-state index in [1.165, 1.54) is 18.8 Å². The molecule has 10 nitrogen and oxygen atoms in total. The van der Waals surface area contributed by atoms with E-state index in [0.29, 0.717) is 42.8 Å². The number of aromatic nitrogens is 2. The summed E-state index contributed by atoms with van der Waals surface area (Å²) < 4.78 is 52.3. The van der Waals surface area contributed by atoms with Crippen LogP contribution in [0.15, 0.2) is 79.8 Å². The summed E-state index contributed by atoms with van der Waals surface area (Å²) in [5.41, 5.74) is 10.2. The smallest absolute Gasteiger partial charge is 0.434 e. The van der Waals surface area contributed by atoms with Gasteiger partial charge in [0.2, 0.25) is 5.88 Å². The Bertz CT molecular complexity index is 1470. The predicted octanol–water partition coefficient (Wildman–Crippen LogP) is 6.52. The van der Waals surface area contributed by atoms with Gasteiger partial charge in [0.15, 0.2) is 11.5 Å². The molecule has 1 aliphatic heterocycles. The number of amidine groups is 1. The molecule has 0 saturated carbocycles. The Morgan fingerprint density at radius 2 is 1.96 bits per heavy atom. The molecule has 246 valence electrons. The second kappa shape index (κ2) is 16.6. The summed E-state index contributed by atoms with van der Waals surface area (Å²) in [5.74, 6) is 1.23. The molecule has 1 aliphatic rings. The van der Waals surface area contributed by atoms with Crippen molar-refractivity contribution in [2.24, 2.45) is 20.7 Å². The molecule has 0 fully saturated rings. The number of allylic oxidation sites excluding steroid dienone is 3. The van der Waals surface area contributed by atoms with Crippen LogP contribution < -0.4 is 5.73 Å². The lowest BCUT2D eigenvalue weighted by molar-refractivity contribution is -0.141. The third-order valence-electron chi connectivity index (χ3n) is 6.94. The van der Waals surface area contributed by atoms with Gasteiger partial charge in [-0.15, -0.1) is 5.73 Å². The zero-order chi connectivity index (χ0) is 33.9. The molecular formula is C32H44F3N7O3. The number of rotatable bonds is 14. The first-order chi connectivity index (χ1) is 21.2. The summed E-state index contributed by atoms with van der Waals surface area (Å²) in [6.07, 6.45) is 3.53. The standard InChI is InChI=1S/C32H44F3N7O3/c1-10-24(14-12-13-21(5)29-39-26(32(33,34)35)18-41(29)20(3)4)17-42(23(7)43)30-25(11-2)15-16-37-28(40-30)27(22(6)44-8)31(45-9)38-19-36/h12,14,16,18-20,23,43H,6,10-11,15,17H2,1-5,7-9H3,(H2,36,38)/b24-14+,31-27-. The summed E-state index contributed by atoms with van der Waals surface area (Å²) in [7, 11) is 2.88. The monoisotopic (exact) mass is 631 g/mol. The highest BCUT2D eigenvalue weighted by Gasteiger charge is 2.35. The minimum absolute atomic E-state index is 0.102. The minimum atomic E-state index is -4.55. The highest BCUT2D eigenvalue weighted by Crippen LogP contribution is 2.31. The van der Waals surface area contributed by atoms with Gasteiger partial charge in [0.25, 0.3) is 0 Å². The number of nitrogens with zero attached hydrogens (tertiary/aromatic N) is 6. The van der Waals surface area contributed by atoms with Crippen LogP contribution in [-0.2, 0) is 15.7 Å². The van der Waals surface area contributed by atoms with Crippen molar-refractivity contribution in [2.45, 2.75) is 79.3 Å². The second-order valence-electron chi connectivity index (χ2n) is 10.3. The molecule has 2 rings (SSSR count). The van der Waals surface area contributed by atoms with Gasteiger partial charge in [-0.2, -0.15) is 13.2 Å². The van der Waals surface area contributed by atoms with Crippen molar-refractivity contribution in [2.75, 3.05) is 20.8 Å². The third-order valence-corrected chi connectivity index (χ3v) is 6.94. The maximum absolute atomic E-state index is 13.3. The molecule has 45 heavy (non-hydrogen) atoms. The van der Waals surface area contributed by atoms with E-state index < -0.39 is 18.1 Å². The zero-order valence-corrected chi connectivity index (χ0v) is 27.2. The van der Waals surface area contributed by atoms with Gasteiger partial charge in [-0.05, 0) is 52.2 Å². The molecule has 0 amide bonds. The van der Waals surface area contributed by atoms with Gasteiger partial charge >= 0.3 is 6.18 Å². The molecule has 1 aromatic heterocycles. The van der Waals surface area contributed by atoms with Crippen molar-refractivity contribution in [3.63, 3.8) is 0 Å². The number of aliphatic hydroxyl groups excluding tert-OH is 1. The van der Waals surface area contributed by atoms with E-state index in [9.17, 15) is 18.3 Å². The van der Waals surface area contributed by atoms with Crippen molar-refractivity contribution in [1.29, 1.82) is 0 Å². The first-order valence-electron chi connectivity index (χ1n) is 14.6. The lowest BCUT2D eigenvalue weighted by Crippen LogP contribution is -2.34. The van der Waals surface area contributed by atoms with Gasteiger partial charge in [0, 0.05) is 37.0 Å². The van der Waals surface area contributed by atoms with Crippen LogP contribution in [0.25, 0.3) is 5.57 Å². The number of aliphatic imine (C=N–C) groups is 3. The van der Waals surface area contributed by atoms with Crippen LogP contribution in [0.1, 0.15) is 78.4 Å². The van der Waals surface area contributed by atoms with Gasteiger partial charge in [-0.25, -0.2) is 20.0 Å². The van der Waals surface area contributed by atoms with Crippen LogP contribution >= 0.6 is 0 Å². The SMILES string of the molecule is C=C(OC)/C(C1=NC(N(C/C(=C/C=C=C(C)c2nc(C(F)(F)F)cn2C(C)C)CC)C(C)O)=C(CC)CC=N1)=C(\N=C/N)OC. The Morgan fingerprint density at radius 1 is 1.27 bits per heavy atom. The van der Waals surface area contributed by atoms with Crippen molar-refractivity contribution < 1.29 is 27.8 Å².